The number of rotatable bonds is 3. The predicted octanol–water partition coefficient (Wildman–Crippen LogP) is 1.15. The molecule has 2 fully saturated rings. The average molecular weight is 225 g/mol. The van der Waals surface area contributed by atoms with E-state index in [1.807, 2.05) is 0 Å². The quantitative estimate of drug-likeness (QED) is 0.777. The molecule has 2 saturated heterocycles. The predicted molar refractivity (Wildman–Crippen MR) is 68.8 cm³/mol. The highest BCUT2D eigenvalue weighted by molar-refractivity contribution is 4.84. The fraction of sp³-hybridized carbons (Fsp3) is 1.00. The molecule has 0 saturated carbocycles. The molecule has 0 radical (unpaired) electrons. The normalized spacial score (nSPS) is 26.4. The maximum Gasteiger partial charge on any atom is 0.0119 e. The molecule has 2 heterocycles. The Labute approximate surface area is 100 Å². The first-order valence-corrected chi connectivity index (χ1v) is 6.96. The van der Waals surface area contributed by atoms with Gasteiger partial charge < -0.3 is 15.1 Å². The van der Waals surface area contributed by atoms with Gasteiger partial charge in [0.2, 0.25) is 0 Å². The van der Waals surface area contributed by atoms with E-state index in [1.54, 1.807) is 0 Å². The van der Waals surface area contributed by atoms with Crippen LogP contribution in [0.2, 0.25) is 0 Å². The van der Waals surface area contributed by atoms with E-state index in [-0.39, 0.29) is 0 Å². The van der Waals surface area contributed by atoms with Crippen LogP contribution >= 0.6 is 0 Å². The Morgan fingerprint density at radius 3 is 2.19 bits per heavy atom. The first-order chi connectivity index (χ1) is 7.81. The fourth-order valence-electron chi connectivity index (χ4n) is 3.15. The highest BCUT2D eigenvalue weighted by Crippen LogP contribution is 2.20. The van der Waals surface area contributed by atoms with Crippen molar-refractivity contribution in [2.75, 3.05) is 39.8 Å². The number of nitrogens with zero attached hydrogens (tertiary/aromatic N) is 2. The lowest BCUT2D eigenvalue weighted by Crippen LogP contribution is -2.49. The Kier molecular flexibility index (Phi) is 4.62. The molecule has 0 spiro atoms. The van der Waals surface area contributed by atoms with Crippen LogP contribution < -0.4 is 5.32 Å². The molecule has 3 nitrogen and oxygen atoms in total. The van der Waals surface area contributed by atoms with Crippen molar-refractivity contribution in [3.05, 3.63) is 0 Å². The van der Waals surface area contributed by atoms with E-state index in [0.717, 1.165) is 12.1 Å². The molecule has 94 valence electrons. The van der Waals surface area contributed by atoms with Crippen molar-refractivity contribution in [1.82, 2.24) is 15.1 Å². The summed E-state index contributed by atoms with van der Waals surface area (Å²) in [4.78, 5) is 5.25. The second-order valence-electron chi connectivity index (χ2n) is 5.31. The van der Waals surface area contributed by atoms with Gasteiger partial charge in [0, 0.05) is 12.1 Å². The standard InChI is InChI=1S/C13H27N3/c1-3-16-10-6-13(7-11-16)15(2)12-4-8-14-9-5-12/h12-14H,3-11H2,1-2H3. The minimum atomic E-state index is 0.833. The van der Waals surface area contributed by atoms with Gasteiger partial charge in [0.25, 0.3) is 0 Å². The number of hydrogen-bond donors (Lipinski definition) is 1. The molecule has 0 aliphatic carbocycles. The zero-order chi connectivity index (χ0) is 11.4. The lowest BCUT2D eigenvalue weighted by Gasteiger charge is -2.41. The van der Waals surface area contributed by atoms with Gasteiger partial charge in [-0.1, -0.05) is 6.92 Å². The highest BCUT2D eigenvalue weighted by atomic mass is 15.2. The molecule has 0 amide bonds. The Balaban J connectivity index is 1.78. The van der Waals surface area contributed by atoms with Crippen LogP contribution in [0, 0.1) is 0 Å². The summed E-state index contributed by atoms with van der Waals surface area (Å²) in [6.07, 6.45) is 5.41. The Morgan fingerprint density at radius 1 is 1.06 bits per heavy atom. The molecule has 16 heavy (non-hydrogen) atoms. The first-order valence-electron chi connectivity index (χ1n) is 6.96. The van der Waals surface area contributed by atoms with E-state index in [0.29, 0.717) is 0 Å². The average Bonchev–Trinajstić information content (AvgIpc) is 2.39. The van der Waals surface area contributed by atoms with E-state index in [2.05, 4.69) is 29.1 Å². The van der Waals surface area contributed by atoms with Crippen LogP contribution in [0.25, 0.3) is 0 Å². The summed E-state index contributed by atoms with van der Waals surface area (Å²) < 4.78 is 0. The lowest BCUT2D eigenvalue weighted by molar-refractivity contribution is 0.0849. The van der Waals surface area contributed by atoms with Gasteiger partial charge in [0.05, 0.1) is 0 Å². The van der Waals surface area contributed by atoms with E-state index in [4.69, 9.17) is 0 Å². The SMILES string of the molecule is CCN1CCC(N(C)C2CCNCC2)CC1. The van der Waals surface area contributed by atoms with Gasteiger partial charge in [-0.2, -0.15) is 0 Å². The summed E-state index contributed by atoms with van der Waals surface area (Å²) in [5, 5.41) is 3.45. The fourth-order valence-corrected chi connectivity index (χ4v) is 3.15. The van der Waals surface area contributed by atoms with Crippen LogP contribution in [0.4, 0.5) is 0 Å². The van der Waals surface area contributed by atoms with Crippen molar-refractivity contribution >= 4 is 0 Å². The molecule has 2 aliphatic rings. The maximum absolute atomic E-state index is 3.45. The zero-order valence-corrected chi connectivity index (χ0v) is 10.9. The summed E-state index contributed by atoms with van der Waals surface area (Å²) in [5.41, 5.74) is 0. The van der Waals surface area contributed by atoms with Gasteiger partial charge >= 0.3 is 0 Å². The van der Waals surface area contributed by atoms with Crippen molar-refractivity contribution in [1.29, 1.82) is 0 Å². The molecule has 0 aromatic heterocycles. The van der Waals surface area contributed by atoms with Crippen LogP contribution in [-0.2, 0) is 0 Å². The summed E-state index contributed by atoms with van der Waals surface area (Å²) >= 11 is 0. The third-order valence-electron chi connectivity index (χ3n) is 4.46. The summed E-state index contributed by atoms with van der Waals surface area (Å²) in [5.74, 6) is 0. The molecular weight excluding hydrogens is 198 g/mol. The van der Waals surface area contributed by atoms with Gasteiger partial charge in [0.1, 0.15) is 0 Å². The smallest absolute Gasteiger partial charge is 0.0119 e. The Hall–Kier alpha value is -0.120. The van der Waals surface area contributed by atoms with Crippen molar-refractivity contribution in [3.63, 3.8) is 0 Å². The molecule has 0 aromatic rings. The molecule has 0 bridgehead atoms. The Bertz CT molecular complexity index is 193. The lowest BCUT2D eigenvalue weighted by atomic mass is 9.98. The third-order valence-corrected chi connectivity index (χ3v) is 4.46. The van der Waals surface area contributed by atoms with Gasteiger partial charge in [-0.25, -0.2) is 0 Å². The molecule has 0 aromatic carbocycles. The molecule has 3 heteroatoms. The van der Waals surface area contributed by atoms with Gasteiger partial charge in [-0.3, -0.25) is 0 Å². The van der Waals surface area contributed by atoms with Crippen molar-refractivity contribution in [3.8, 4) is 0 Å². The van der Waals surface area contributed by atoms with Gasteiger partial charge in [-0.15, -0.1) is 0 Å². The van der Waals surface area contributed by atoms with Gasteiger partial charge in [0.15, 0.2) is 0 Å². The molecular formula is C13H27N3. The number of likely N-dealkylation sites (tertiary alicyclic amines) is 1. The molecule has 1 N–H and O–H groups in total. The third kappa shape index (κ3) is 2.96. The van der Waals surface area contributed by atoms with E-state index >= 15 is 0 Å². The van der Waals surface area contributed by atoms with Crippen molar-refractivity contribution in [2.24, 2.45) is 0 Å². The highest BCUT2D eigenvalue weighted by Gasteiger charge is 2.27. The first kappa shape index (κ1) is 12.3. The van der Waals surface area contributed by atoms with E-state index < -0.39 is 0 Å². The van der Waals surface area contributed by atoms with Gasteiger partial charge in [-0.05, 0) is 65.5 Å². The second kappa shape index (κ2) is 5.99. The Morgan fingerprint density at radius 2 is 1.62 bits per heavy atom. The van der Waals surface area contributed by atoms with E-state index in [9.17, 15) is 0 Å². The van der Waals surface area contributed by atoms with Crippen LogP contribution in [0.1, 0.15) is 32.6 Å². The maximum atomic E-state index is 3.45. The minimum absolute atomic E-state index is 0.833. The summed E-state index contributed by atoms with van der Waals surface area (Å²) in [6.45, 7) is 8.53. The number of hydrogen-bond acceptors (Lipinski definition) is 3. The monoisotopic (exact) mass is 225 g/mol. The molecule has 2 rings (SSSR count). The minimum Gasteiger partial charge on any atom is -0.317 e. The molecule has 0 atom stereocenters. The summed E-state index contributed by atoms with van der Waals surface area (Å²) in [6, 6.07) is 1.67. The van der Waals surface area contributed by atoms with Crippen LogP contribution in [-0.4, -0.2) is 61.7 Å². The largest absolute Gasteiger partial charge is 0.317 e. The van der Waals surface area contributed by atoms with Crippen molar-refractivity contribution < 1.29 is 0 Å². The molecule has 0 unspecified atom stereocenters. The van der Waals surface area contributed by atoms with Crippen LogP contribution in [0.15, 0.2) is 0 Å². The number of piperidine rings is 2. The zero-order valence-electron chi connectivity index (χ0n) is 10.9. The van der Waals surface area contributed by atoms with Crippen molar-refractivity contribution in [2.45, 2.75) is 44.7 Å². The van der Waals surface area contributed by atoms with E-state index in [1.165, 1.54) is 58.4 Å². The molecule has 2 aliphatic heterocycles. The number of nitrogens with one attached hydrogen (secondary N) is 1. The topological polar surface area (TPSA) is 18.5 Å². The van der Waals surface area contributed by atoms with Crippen LogP contribution in [0.3, 0.4) is 0 Å². The second-order valence-corrected chi connectivity index (χ2v) is 5.31. The van der Waals surface area contributed by atoms with Crippen LogP contribution in [0.5, 0.6) is 0 Å². The summed E-state index contributed by atoms with van der Waals surface area (Å²) in [7, 11) is 2.35.